The van der Waals surface area contributed by atoms with Gasteiger partial charge in [0.05, 0.1) is 18.8 Å². The van der Waals surface area contributed by atoms with Gasteiger partial charge in [-0.15, -0.1) is 0 Å². The average molecular weight is 375 g/mol. The first-order valence-corrected chi connectivity index (χ1v) is 8.96. The highest BCUT2D eigenvalue weighted by molar-refractivity contribution is 5.48. The number of anilines is 2. The number of pyridine rings is 2. The first-order valence-electron chi connectivity index (χ1n) is 8.96. The Labute approximate surface area is 162 Å². The third kappa shape index (κ3) is 4.17. The highest BCUT2D eigenvalue weighted by Crippen LogP contribution is 2.29. The Morgan fingerprint density at radius 1 is 1.04 bits per heavy atom. The van der Waals surface area contributed by atoms with Gasteiger partial charge in [-0.25, -0.2) is 4.98 Å². The highest BCUT2D eigenvalue weighted by atomic mass is 16.5. The number of hydrogen-bond donors (Lipinski definition) is 2. The lowest BCUT2D eigenvalue weighted by Crippen LogP contribution is -2.18. The smallest absolute Gasteiger partial charge is 0.131 e. The van der Waals surface area contributed by atoms with Crippen molar-refractivity contribution in [1.29, 1.82) is 0 Å². The molecular formula is C20H21N7O. The van der Waals surface area contributed by atoms with Gasteiger partial charge in [-0.3, -0.25) is 9.99 Å². The predicted molar refractivity (Wildman–Crippen MR) is 106 cm³/mol. The van der Waals surface area contributed by atoms with E-state index in [1.54, 1.807) is 6.07 Å². The molecule has 8 heteroatoms. The van der Waals surface area contributed by atoms with E-state index >= 15 is 0 Å². The third-order valence-electron chi connectivity index (χ3n) is 4.42. The summed E-state index contributed by atoms with van der Waals surface area (Å²) in [7, 11) is 0. The molecular weight excluding hydrogens is 354 g/mol. The van der Waals surface area contributed by atoms with Crippen molar-refractivity contribution in [2.75, 3.05) is 18.0 Å². The SMILES string of the molecule is Nc1ccc(C2CN(Cc3ccc(COc4ccccc4)cn3)N=N2)c(N)n1. The van der Waals surface area contributed by atoms with Crippen molar-refractivity contribution in [2.24, 2.45) is 10.3 Å². The van der Waals surface area contributed by atoms with E-state index in [1.807, 2.05) is 59.7 Å². The molecule has 3 heterocycles. The quantitative estimate of drug-likeness (QED) is 0.684. The molecule has 8 nitrogen and oxygen atoms in total. The second-order valence-electron chi connectivity index (χ2n) is 6.54. The summed E-state index contributed by atoms with van der Waals surface area (Å²) in [5.74, 6) is 1.63. The van der Waals surface area contributed by atoms with E-state index in [0.29, 0.717) is 31.3 Å². The van der Waals surface area contributed by atoms with Crippen molar-refractivity contribution in [3.8, 4) is 5.75 Å². The molecule has 0 fully saturated rings. The molecule has 1 atom stereocenters. The van der Waals surface area contributed by atoms with Crippen LogP contribution < -0.4 is 16.2 Å². The molecule has 1 unspecified atom stereocenters. The fourth-order valence-corrected chi connectivity index (χ4v) is 2.95. The molecule has 0 bridgehead atoms. The maximum Gasteiger partial charge on any atom is 0.131 e. The number of nitrogens with zero attached hydrogens (tertiary/aromatic N) is 5. The molecule has 0 radical (unpaired) electrons. The molecule has 142 valence electrons. The summed E-state index contributed by atoms with van der Waals surface area (Å²) in [6.07, 6.45) is 1.82. The molecule has 4 rings (SSSR count). The van der Waals surface area contributed by atoms with Crippen molar-refractivity contribution < 1.29 is 4.74 Å². The Hall–Kier alpha value is -3.68. The van der Waals surface area contributed by atoms with Crippen molar-refractivity contribution in [3.63, 3.8) is 0 Å². The van der Waals surface area contributed by atoms with Gasteiger partial charge < -0.3 is 16.2 Å². The van der Waals surface area contributed by atoms with Crippen LogP contribution in [0.1, 0.15) is 22.9 Å². The maximum absolute atomic E-state index is 5.95. The summed E-state index contributed by atoms with van der Waals surface area (Å²) < 4.78 is 5.74. The highest BCUT2D eigenvalue weighted by Gasteiger charge is 2.23. The van der Waals surface area contributed by atoms with Crippen molar-refractivity contribution >= 4 is 11.6 Å². The van der Waals surface area contributed by atoms with Gasteiger partial charge >= 0.3 is 0 Å². The van der Waals surface area contributed by atoms with Gasteiger partial charge in [0.15, 0.2) is 0 Å². The minimum atomic E-state index is -0.147. The van der Waals surface area contributed by atoms with Gasteiger partial charge in [-0.1, -0.05) is 29.5 Å². The molecule has 2 aromatic heterocycles. The average Bonchev–Trinajstić information content (AvgIpc) is 3.16. The van der Waals surface area contributed by atoms with Gasteiger partial charge in [0, 0.05) is 17.3 Å². The van der Waals surface area contributed by atoms with Crippen molar-refractivity contribution in [3.05, 3.63) is 77.6 Å². The molecule has 0 amide bonds. The van der Waals surface area contributed by atoms with Crippen LogP contribution >= 0.6 is 0 Å². The number of ether oxygens (including phenoxy) is 1. The monoisotopic (exact) mass is 375 g/mol. The van der Waals surface area contributed by atoms with Gasteiger partial charge in [-0.05, 0) is 30.3 Å². The first-order chi connectivity index (χ1) is 13.7. The minimum absolute atomic E-state index is 0.147. The number of aromatic nitrogens is 2. The lowest BCUT2D eigenvalue weighted by atomic mass is 10.1. The molecule has 0 spiro atoms. The van der Waals surface area contributed by atoms with Crippen LogP contribution in [0.5, 0.6) is 5.75 Å². The van der Waals surface area contributed by atoms with Crippen molar-refractivity contribution in [1.82, 2.24) is 15.0 Å². The number of hydrogen-bond acceptors (Lipinski definition) is 8. The Morgan fingerprint density at radius 2 is 1.89 bits per heavy atom. The Bertz CT molecular complexity index is 960. The summed E-state index contributed by atoms with van der Waals surface area (Å²) in [4.78, 5) is 8.59. The van der Waals surface area contributed by atoms with Crippen LogP contribution in [0.15, 0.2) is 71.1 Å². The second-order valence-corrected chi connectivity index (χ2v) is 6.54. The number of nitrogen functional groups attached to an aromatic ring is 2. The molecule has 4 N–H and O–H groups in total. The van der Waals surface area contributed by atoms with E-state index in [4.69, 9.17) is 16.2 Å². The number of para-hydroxylation sites is 1. The van der Waals surface area contributed by atoms with Crippen LogP contribution in [0, 0.1) is 0 Å². The van der Waals surface area contributed by atoms with E-state index in [2.05, 4.69) is 20.3 Å². The van der Waals surface area contributed by atoms with E-state index in [0.717, 1.165) is 22.6 Å². The summed E-state index contributed by atoms with van der Waals surface area (Å²) in [5, 5.41) is 10.4. The summed E-state index contributed by atoms with van der Waals surface area (Å²) >= 11 is 0. The fourth-order valence-electron chi connectivity index (χ4n) is 2.95. The standard InChI is InChI=1S/C20H21N7O/c21-19-9-8-17(20(22)24-19)18-12-27(26-25-18)11-15-7-6-14(10-23-15)13-28-16-4-2-1-3-5-16/h1-10,18H,11-13H2,(H4,21,22,24). The molecule has 1 aromatic carbocycles. The van der Waals surface area contributed by atoms with E-state index in [9.17, 15) is 0 Å². The number of nitrogens with two attached hydrogens (primary N) is 2. The topological polar surface area (TPSA) is 115 Å². The maximum atomic E-state index is 5.95. The Balaban J connectivity index is 1.32. The van der Waals surface area contributed by atoms with Gasteiger partial charge in [0.2, 0.25) is 0 Å². The van der Waals surface area contributed by atoms with Gasteiger partial charge in [0.25, 0.3) is 0 Å². The summed E-state index contributed by atoms with van der Waals surface area (Å²) in [6.45, 7) is 1.67. The molecule has 0 saturated heterocycles. The lowest BCUT2D eigenvalue weighted by molar-refractivity contribution is 0.295. The first kappa shape index (κ1) is 17.7. The van der Waals surface area contributed by atoms with E-state index in [-0.39, 0.29) is 6.04 Å². The zero-order valence-electron chi connectivity index (χ0n) is 15.3. The van der Waals surface area contributed by atoms with Crippen LogP contribution in [0.2, 0.25) is 0 Å². The molecule has 1 aliphatic rings. The molecule has 0 saturated carbocycles. The Kier molecular flexibility index (Phi) is 5.01. The van der Waals surface area contributed by atoms with Crippen LogP contribution in [-0.2, 0) is 13.2 Å². The fraction of sp³-hybridized carbons (Fsp3) is 0.200. The predicted octanol–water partition coefficient (Wildman–Crippen LogP) is 3.14. The number of benzene rings is 1. The van der Waals surface area contributed by atoms with E-state index in [1.165, 1.54) is 0 Å². The third-order valence-corrected chi connectivity index (χ3v) is 4.42. The molecule has 28 heavy (non-hydrogen) atoms. The normalized spacial score (nSPS) is 15.7. The van der Waals surface area contributed by atoms with Gasteiger partial charge in [0.1, 0.15) is 30.0 Å². The van der Waals surface area contributed by atoms with Crippen LogP contribution in [0.3, 0.4) is 0 Å². The van der Waals surface area contributed by atoms with Crippen LogP contribution in [0.4, 0.5) is 11.6 Å². The largest absolute Gasteiger partial charge is 0.489 e. The number of rotatable bonds is 6. The zero-order chi connectivity index (χ0) is 19.3. The summed E-state index contributed by atoms with van der Waals surface area (Å²) in [6, 6.07) is 17.1. The van der Waals surface area contributed by atoms with E-state index < -0.39 is 0 Å². The Morgan fingerprint density at radius 3 is 2.64 bits per heavy atom. The lowest BCUT2D eigenvalue weighted by Gasteiger charge is -2.14. The zero-order valence-corrected chi connectivity index (χ0v) is 15.3. The summed E-state index contributed by atoms with van der Waals surface area (Å²) in [5.41, 5.74) is 14.4. The second kappa shape index (κ2) is 7.91. The van der Waals surface area contributed by atoms with Gasteiger partial charge in [-0.2, -0.15) is 5.11 Å². The van der Waals surface area contributed by atoms with Crippen molar-refractivity contribution in [2.45, 2.75) is 19.2 Å². The molecule has 1 aliphatic heterocycles. The molecule has 3 aromatic rings. The molecule has 0 aliphatic carbocycles. The van der Waals surface area contributed by atoms with Crippen LogP contribution in [0.25, 0.3) is 0 Å². The van der Waals surface area contributed by atoms with Crippen LogP contribution in [-0.4, -0.2) is 21.5 Å². The minimum Gasteiger partial charge on any atom is -0.489 e.